The van der Waals surface area contributed by atoms with E-state index in [1.807, 2.05) is 18.2 Å². The van der Waals surface area contributed by atoms with Gasteiger partial charge in [-0.1, -0.05) is 18.2 Å². The SMILES string of the molecule is O=C(NC[C@@H]1CCCCN1C(=O)[C@H]1CCS(=O)(=O)C1)c1ccccc1. The Labute approximate surface area is 148 Å². The van der Waals surface area contributed by atoms with Gasteiger partial charge in [-0.25, -0.2) is 8.42 Å². The van der Waals surface area contributed by atoms with Crippen molar-refractivity contribution in [2.24, 2.45) is 5.92 Å². The summed E-state index contributed by atoms with van der Waals surface area (Å²) in [5.41, 5.74) is 0.595. The van der Waals surface area contributed by atoms with Crippen LogP contribution in [0.4, 0.5) is 0 Å². The highest BCUT2D eigenvalue weighted by Gasteiger charge is 2.38. The van der Waals surface area contributed by atoms with Gasteiger partial charge in [0.05, 0.1) is 17.4 Å². The number of nitrogens with zero attached hydrogens (tertiary/aromatic N) is 1. The van der Waals surface area contributed by atoms with Crippen LogP contribution in [-0.2, 0) is 14.6 Å². The number of carbonyl (C=O) groups is 2. The maximum absolute atomic E-state index is 12.8. The van der Waals surface area contributed by atoms with Crippen LogP contribution >= 0.6 is 0 Å². The van der Waals surface area contributed by atoms with E-state index in [1.165, 1.54) is 0 Å². The number of amides is 2. The molecule has 2 atom stereocenters. The summed E-state index contributed by atoms with van der Waals surface area (Å²) in [6, 6.07) is 8.92. The lowest BCUT2D eigenvalue weighted by molar-refractivity contribution is -0.138. The molecule has 2 fully saturated rings. The minimum absolute atomic E-state index is 0.0363. The van der Waals surface area contributed by atoms with Crippen LogP contribution in [0.25, 0.3) is 0 Å². The van der Waals surface area contributed by atoms with E-state index in [9.17, 15) is 18.0 Å². The lowest BCUT2D eigenvalue weighted by Crippen LogP contribution is -2.51. The number of piperidine rings is 1. The Balaban J connectivity index is 1.61. The Morgan fingerprint density at radius 1 is 1.12 bits per heavy atom. The normalized spacial score (nSPS) is 25.5. The molecule has 2 saturated heterocycles. The first kappa shape index (κ1) is 17.9. The summed E-state index contributed by atoms with van der Waals surface area (Å²) in [4.78, 5) is 26.8. The Hall–Kier alpha value is -1.89. The van der Waals surface area contributed by atoms with E-state index in [2.05, 4.69) is 5.32 Å². The van der Waals surface area contributed by atoms with Crippen molar-refractivity contribution in [3.05, 3.63) is 35.9 Å². The number of sulfone groups is 1. The summed E-state index contributed by atoms with van der Waals surface area (Å²) in [7, 11) is -3.08. The van der Waals surface area contributed by atoms with E-state index in [1.54, 1.807) is 17.0 Å². The number of carbonyl (C=O) groups excluding carboxylic acids is 2. The Bertz CT molecular complexity index is 733. The molecule has 1 aromatic rings. The van der Waals surface area contributed by atoms with Gasteiger partial charge in [-0.05, 0) is 37.8 Å². The van der Waals surface area contributed by atoms with Crippen LogP contribution < -0.4 is 5.32 Å². The molecule has 0 spiro atoms. The number of nitrogens with one attached hydrogen (secondary N) is 1. The third-order valence-electron chi connectivity index (χ3n) is 5.03. The quantitative estimate of drug-likeness (QED) is 0.871. The van der Waals surface area contributed by atoms with Crippen molar-refractivity contribution in [3.63, 3.8) is 0 Å². The number of rotatable bonds is 4. The van der Waals surface area contributed by atoms with Crippen LogP contribution in [-0.4, -0.2) is 55.8 Å². The Morgan fingerprint density at radius 2 is 1.88 bits per heavy atom. The third-order valence-corrected chi connectivity index (χ3v) is 6.79. The fourth-order valence-corrected chi connectivity index (χ4v) is 5.36. The van der Waals surface area contributed by atoms with Crippen molar-refractivity contribution in [2.45, 2.75) is 31.7 Å². The fraction of sp³-hybridized carbons (Fsp3) is 0.556. The van der Waals surface area contributed by atoms with Gasteiger partial charge in [0, 0.05) is 24.7 Å². The molecule has 2 aliphatic rings. The molecule has 2 aliphatic heterocycles. The van der Waals surface area contributed by atoms with E-state index in [4.69, 9.17) is 0 Å². The van der Waals surface area contributed by atoms with Crippen LogP contribution in [0.15, 0.2) is 30.3 Å². The van der Waals surface area contributed by atoms with Crippen molar-refractivity contribution in [2.75, 3.05) is 24.6 Å². The number of hydrogen-bond donors (Lipinski definition) is 1. The van der Waals surface area contributed by atoms with Crippen LogP contribution in [0.5, 0.6) is 0 Å². The fourth-order valence-electron chi connectivity index (χ4n) is 3.63. The molecule has 0 radical (unpaired) electrons. The van der Waals surface area contributed by atoms with Crippen LogP contribution in [0.3, 0.4) is 0 Å². The Kier molecular flexibility index (Phi) is 5.42. The molecule has 6 nitrogen and oxygen atoms in total. The predicted octanol–water partition coefficient (Wildman–Crippen LogP) is 1.23. The topological polar surface area (TPSA) is 83.6 Å². The molecule has 0 unspecified atom stereocenters. The van der Waals surface area contributed by atoms with Gasteiger partial charge >= 0.3 is 0 Å². The monoisotopic (exact) mass is 364 g/mol. The molecular weight excluding hydrogens is 340 g/mol. The number of hydrogen-bond acceptors (Lipinski definition) is 4. The molecule has 25 heavy (non-hydrogen) atoms. The molecule has 136 valence electrons. The summed E-state index contributed by atoms with van der Waals surface area (Å²) in [5.74, 6) is -0.574. The molecule has 0 bridgehead atoms. The van der Waals surface area contributed by atoms with Gasteiger partial charge in [0.25, 0.3) is 5.91 Å². The number of likely N-dealkylation sites (tertiary alicyclic amines) is 1. The van der Waals surface area contributed by atoms with Crippen molar-refractivity contribution < 1.29 is 18.0 Å². The molecule has 0 aliphatic carbocycles. The lowest BCUT2D eigenvalue weighted by atomic mass is 9.98. The van der Waals surface area contributed by atoms with Crippen LogP contribution in [0, 0.1) is 5.92 Å². The zero-order chi connectivity index (χ0) is 17.9. The second kappa shape index (κ2) is 7.56. The van der Waals surface area contributed by atoms with Gasteiger partial charge in [0.15, 0.2) is 9.84 Å². The standard InChI is InChI=1S/C18H24N2O4S/c21-17(14-6-2-1-3-7-14)19-12-16-8-4-5-10-20(16)18(22)15-9-11-25(23,24)13-15/h1-3,6-7,15-16H,4-5,8-13H2,(H,19,21)/t15-,16-/m0/s1. The first-order valence-corrected chi connectivity index (χ1v) is 10.6. The average molecular weight is 364 g/mol. The molecule has 7 heteroatoms. The third kappa shape index (κ3) is 4.39. The zero-order valence-corrected chi connectivity index (χ0v) is 15.0. The first-order chi connectivity index (χ1) is 12.0. The van der Waals surface area contributed by atoms with Crippen molar-refractivity contribution >= 4 is 21.7 Å². The highest BCUT2D eigenvalue weighted by Crippen LogP contribution is 2.25. The average Bonchev–Trinajstić information content (AvgIpc) is 3.00. The van der Waals surface area contributed by atoms with Crippen LogP contribution in [0.2, 0.25) is 0 Å². The van der Waals surface area contributed by atoms with E-state index in [0.717, 1.165) is 19.3 Å². The van der Waals surface area contributed by atoms with E-state index < -0.39 is 15.8 Å². The second-order valence-corrected chi connectivity index (χ2v) is 9.09. The van der Waals surface area contributed by atoms with Gasteiger partial charge < -0.3 is 10.2 Å². The maximum atomic E-state index is 12.8. The van der Waals surface area contributed by atoms with Gasteiger partial charge in [-0.15, -0.1) is 0 Å². The minimum Gasteiger partial charge on any atom is -0.350 e. The van der Waals surface area contributed by atoms with Gasteiger partial charge in [-0.3, -0.25) is 9.59 Å². The van der Waals surface area contributed by atoms with Gasteiger partial charge in [-0.2, -0.15) is 0 Å². The van der Waals surface area contributed by atoms with Crippen molar-refractivity contribution in [3.8, 4) is 0 Å². The molecule has 3 rings (SSSR count). The van der Waals surface area contributed by atoms with E-state index >= 15 is 0 Å². The summed E-state index contributed by atoms with van der Waals surface area (Å²) in [5, 5.41) is 2.91. The highest BCUT2D eigenvalue weighted by atomic mass is 32.2. The smallest absolute Gasteiger partial charge is 0.251 e. The zero-order valence-electron chi connectivity index (χ0n) is 14.2. The summed E-state index contributed by atoms with van der Waals surface area (Å²) < 4.78 is 23.3. The highest BCUT2D eigenvalue weighted by molar-refractivity contribution is 7.91. The van der Waals surface area contributed by atoms with Crippen molar-refractivity contribution in [1.82, 2.24) is 10.2 Å². The second-order valence-electron chi connectivity index (χ2n) is 6.86. The molecule has 1 N–H and O–H groups in total. The first-order valence-electron chi connectivity index (χ1n) is 8.80. The number of benzene rings is 1. The largest absolute Gasteiger partial charge is 0.350 e. The van der Waals surface area contributed by atoms with Gasteiger partial charge in [0.2, 0.25) is 5.91 Å². The molecule has 0 aromatic heterocycles. The molecule has 2 heterocycles. The summed E-state index contributed by atoms with van der Waals surface area (Å²) in [6.07, 6.45) is 3.19. The molecule has 2 amide bonds. The minimum atomic E-state index is -3.08. The predicted molar refractivity (Wildman–Crippen MR) is 94.9 cm³/mol. The molecular formula is C18H24N2O4S. The molecule has 0 saturated carbocycles. The van der Waals surface area contributed by atoms with E-state index in [-0.39, 0.29) is 29.4 Å². The van der Waals surface area contributed by atoms with Gasteiger partial charge in [0.1, 0.15) is 0 Å². The molecule has 1 aromatic carbocycles. The Morgan fingerprint density at radius 3 is 2.56 bits per heavy atom. The summed E-state index contributed by atoms with van der Waals surface area (Å²) >= 11 is 0. The lowest BCUT2D eigenvalue weighted by Gasteiger charge is -2.37. The van der Waals surface area contributed by atoms with Crippen molar-refractivity contribution in [1.29, 1.82) is 0 Å². The van der Waals surface area contributed by atoms with Crippen LogP contribution in [0.1, 0.15) is 36.0 Å². The van der Waals surface area contributed by atoms with E-state index in [0.29, 0.717) is 25.1 Å². The maximum Gasteiger partial charge on any atom is 0.251 e. The summed E-state index contributed by atoms with van der Waals surface area (Å²) in [6.45, 7) is 1.04.